The number of rotatable bonds is 7. The van der Waals surface area contributed by atoms with Gasteiger partial charge in [0.1, 0.15) is 5.78 Å². The zero-order valence-electron chi connectivity index (χ0n) is 12.3. The quantitative estimate of drug-likeness (QED) is 0.692. The van der Waals surface area contributed by atoms with Gasteiger partial charge in [-0.25, -0.2) is 0 Å². The molecule has 0 heterocycles. The first-order valence-corrected chi connectivity index (χ1v) is 7.57. The fourth-order valence-corrected chi connectivity index (χ4v) is 2.74. The zero-order valence-corrected chi connectivity index (χ0v) is 12.3. The summed E-state index contributed by atoms with van der Waals surface area (Å²) in [5.41, 5.74) is 5.41. The van der Waals surface area contributed by atoms with Crippen LogP contribution < -0.4 is 11.1 Å². The molecule has 0 atom stereocenters. The van der Waals surface area contributed by atoms with Crippen molar-refractivity contribution in [1.82, 2.24) is 5.32 Å². The van der Waals surface area contributed by atoms with E-state index in [1.165, 1.54) is 0 Å². The lowest BCUT2D eigenvalue weighted by atomic mass is 9.77. The molecule has 1 fully saturated rings. The predicted octanol–water partition coefficient (Wildman–Crippen LogP) is 1.87. The van der Waals surface area contributed by atoms with Crippen LogP contribution in [0.4, 0.5) is 0 Å². The second-order valence-electron chi connectivity index (χ2n) is 5.89. The molecule has 1 aliphatic carbocycles. The summed E-state index contributed by atoms with van der Waals surface area (Å²) in [5.74, 6) is 0.927. The number of unbranched alkanes of at least 4 members (excludes halogenated alkanes) is 1. The highest BCUT2D eigenvalue weighted by Crippen LogP contribution is 2.30. The molecule has 0 radical (unpaired) electrons. The summed E-state index contributed by atoms with van der Waals surface area (Å²) >= 11 is 0. The summed E-state index contributed by atoms with van der Waals surface area (Å²) in [5, 5.41) is 2.97. The van der Waals surface area contributed by atoms with Crippen molar-refractivity contribution in [3.63, 3.8) is 0 Å². The van der Waals surface area contributed by atoms with Crippen molar-refractivity contribution in [1.29, 1.82) is 0 Å². The van der Waals surface area contributed by atoms with Gasteiger partial charge in [0.25, 0.3) is 0 Å². The van der Waals surface area contributed by atoms with Crippen molar-refractivity contribution < 1.29 is 9.59 Å². The summed E-state index contributed by atoms with van der Waals surface area (Å²) in [6.07, 6.45) is 5.35. The Kier molecular flexibility index (Phi) is 7.06. The lowest BCUT2D eigenvalue weighted by molar-refractivity contribution is -0.130. The molecule has 0 aliphatic heterocycles. The Hall–Kier alpha value is -0.900. The topological polar surface area (TPSA) is 72.2 Å². The van der Waals surface area contributed by atoms with Gasteiger partial charge in [-0.1, -0.05) is 13.8 Å². The molecule has 4 heteroatoms. The molecule has 0 unspecified atom stereocenters. The number of nitrogens with one attached hydrogen (secondary N) is 1. The van der Waals surface area contributed by atoms with Gasteiger partial charge < -0.3 is 11.1 Å². The third-order valence-electron chi connectivity index (χ3n) is 4.00. The van der Waals surface area contributed by atoms with Gasteiger partial charge >= 0.3 is 0 Å². The molecule has 1 amide bonds. The summed E-state index contributed by atoms with van der Waals surface area (Å²) in [4.78, 5) is 23.9. The van der Waals surface area contributed by atoms with E-state index in [2.05, 4.69) is 5.32 Å². The van der Waals surface area contributed by atoms with E-state index in [9.17, 15) is 9.59 Å². The number of hydrogen-bond acceptors (Lipinski definition) is 3. The molecule has 0 saturated heterocycles. The second kappa shape index (κ2) is 8.31. The van der Waals surface area contributed by atoms with Crippen molar-refractivity contribution in [2.75, 3.05) is 13.1 Å². The average Bonchev–Trinajstić information content (AvgIpc) is 2.42. The van der Waals surface area contributed by atoms with Crippen LogP contribution in [0.15, 0.2) is 0 Å². The number of carbonyl (C=O) groups is 2. The SMILES string of the molecule is CC(C)C(=O)[C@H]1CC[C@H](C(=O)NCCCCN)CC1. The smallest absolute Gasteiger partial charge is 0.223 e. The molecule has 3 N–H and O–H groups in total. The van der Waals surface area contributed by atoms with Gasteiger partial charge in [-0.3, -0.25) is 9.59 Å². The Morgan fingerprint density at radius 1 is 1.11 bits per heavy atom. The maximum absolute atomic E-state index is 11.9. The number of Topliss-reactive ketones (excluding diaryl/α,β-unsaturated/α-hetero) is 1. The van der Waals surface area contributed by atoms with Crippen molar-refractivity contribution >= 4 is 11.7 Å². The fourth-order valence-electron chi connectivity index (χ4n) is 2.74. The molecule has 1 saturated carbocycles. The Morgan fingerprint density at radius 2 is 1.68 bits per heavy atom. The molecule has 0 aromatic rings. The summed E-state index contributed by atoms with van der Waals surface area (Å²) < 4.78 is 0. The van der Waals surface area contributed by atoms with Crippen LogP contribution in [-0.2, 0) is 9.59 Å². The maximum Gasteiger partial charge on any atom is 0.223 e. The molecule has 0 bridgehead atoms. The lowest BCUT2D eigenvalue weighted by Crippen LogP contribution is -2.35. The number of nitrogens with two attached hydrogens (primary N) is 1. The molecule has 19 heavy (non-hydrogen) atoms. The Balaban J connectivity index is 2.25. The fraction of sp³-hybridized carbons (Fsp3) is 0.867. The molecule has 0 aromatic carbocycles. The highest BCUT2D eigenvalue weighted by atomic mass is 16.2. The van der Waals surface area contributed by atoms with E-state index < -0.39 is 0 Å². The van der Waals surface area contributed by atoms with Crippen molar-refractivity contribution in [2.24, 2.45) is 23.5 Å². The standard InChI is InChI=1S/C15H28N2O2/c1-11(2)14(18)12-5-7-13(8-6-12)15(19)17-10-4-3-9-16/h11-13H,3-10,16H2,1-2H3,(H,17,19)/t12-,13-. The van der Waals surface area contributed by atoms with Crippen molar-refractivity contribution in [3.05, 3.63) is 0 Å². The normalized spacial score (nSPS) is 23.4. The van der Waals surface area contributed by atoms with E-state index in [0.717, 1.165) is 45.1 Å². The molecule has 110 valence electrons. The minimum atomic E-state index is 0.106. The largest absolute Gasteiger partial charge is 0.356 e. The van der Waals surface area contributed by atoms with E-state index in [1.807, 2.05) is 13.8 Å². The van der Waals surface area contributed by atoms with Gasteiger partial charge in [0, 0.05) is 24.3 Å². The Bertz CT molecular complexity index is 295. The van der Waals surface area contributed by atoms with E-state index in [4.69, 9.17) is 5.73 Å². The molecule has 4 nitrogen and oxygen atoms in total. The van der Waals surface area contributed by atoms with Gasteiger partial charge in [0.05, 0.1) is 0 Å². The molecular formula is C15H28N2O2. The minimum Gasteiger partial charge on any atom is -0.356 e. The Morgan fingerprint density at radius 3 is 2.21 bits per heavy atom. The van der Waals surface area contributed by atoms with Crippen LogP contribution in [-0.4, -0.2) is 24.8 Å². The molecule has 0 spiro atoms. The number of hydrogen-bond donors (Lipinski definition) is 2. The van der Waals surface area contributed by atoms with Crippen LogP contribution >= 0.6 is 0 Å². The molecule has 1 rings (SSSR count). The van der Waals surface area contributed by atoms with Crippen LogP contribution in [0.25, 0.3) is 0 Å². The van der Waals surface area contributed by atoms with Crippen LogP contribution in [0.1, 0.15) is 52.4 Å². The van der Waals surface area contributed by atoms with Crippen LogP contribution in [0.5, 0.6) is 0 Å². The van der Waals surface area contributed by atoms with Crippen LogP contribution in [0.3, 0.4) is 0 Å². The summed E-state index contributed by atoms with van der Waals surface area (Å²) in [6, 6.07) is 0. The Labute approximate surface area is 116 Å². The number of amides is 1. The van der Waals surface area contributed by atoms with Crippen molar-refractivity contribution in [2.45, 2.75) is 52.4 Å². The van der Waals surface area contributed by atoms with Crippen LogP contribution in [0, 0.1) is 17.8 Å². The first-order valence-electron chi connectivity index (χ1n) is 7.57. The van der Waals surface area contributed by atoms with Gasteiger partial charge in [0.15, 0.2) is 0 Å². The van der Waals surface area contributed by atoms with E-state index in [0.29, 0.717) is 12.3 Å². The van der Waals surface area contributed by atoms with Gasteiger partial charge in [-0.05, 0) is 45.1 Å². The first-order chi connectivity index (χ1) is 9.06. The predicted molar refractivity (Wildman–Crippen MR) is 76.6 cm³/mol. The van der Waals surface area contributed by atoms with Crippen molar-refractivity contribution in [3.8, 4) is 0 Å². The number of ketones is 1. The van der Waals surface area contributed by atoms with Gasteiger partial charge in [-0.2, -0.15) is 0 Å². The highest BCUT2D eigenvalue weighted by Gasteiger charge is 2.30. The molecule has 1 aliphatic rings. The molecular weight excluding hydrogens is 240 g/mol. The first kappa shape index (κ1) is 16.2. The minimum absolute atomic E-state index is 0.106. The van der Waals surface area contributed by atoms with Crippen LogP contribution in [0.2, 0.25) is 0 Å². The highest BCUT2D eigenvalue weighted by molar-refractivity contribution is 5.83. The maximum atomic E-state index is 11.9. The van der Waals surface area contributed by atoms with E-state index >= 15 is 0 Å². The van der Waals surface area contributed by atoms with Gasteiger partial charge in [-0.15, -0.1) is 0 Å². The average molecular weight is 268 g/mol. The second-order valence-corrected chi connectivity index (χ2v) is 5.89. The number of carbonyl (C=O) groups excluding carboxylic acids is 2. The third-order valence-corrected chi connectivity index (χ3v) is 4.00. The van der Waals surface area contributed by atoms with Gasteiger partial charge in [0.2, 0.25) is 5.91 Å². The lowest BCUT2D eigenvalue weighted by Gasteiger charge is -2.27. The zero-order chi connectivity index (χ0) is 14.3. The molecule has 0 aromatic heterocycles. The monoisotopic (exact) mass is 268 g/mol. The third kappa shape index (κ3) is 5.31. The van der Waals surface area contributed by atoms with E-state index in [1.54, 1.807) is 0 Å². The van der Waals surface area contributed by atoms with E-state index in [-0.39, 0.29) is 23.7 Å². The summed E-state index contributed by atoms with van der Waals surface area (Å²) in [6.45, 7) is 5.32. The summed E-state index contributed by atoms with van der Waals surface area (Å²) in [7, 11) is 0.